The van der Waals surface area contributed by atoms with E-state index in [2.05, 4.69) is 0 Å². The van der Waals surface area contributed by atoms with E-state index in [1.54, 1.807) is 11.2 Å². The van der Waals surface area contributed by atoms with Crippen LogP contribution in [0.3, 0.4) is 0 Å². The van der Waals surface area contributed by atoms with Crippen LogP contribution in [0.5, 0.6) is 0 Å². The van der Waals surface area contributed by atoms with Crippen molar-refractivity contribution in [1.29, 1.82) is 0 Å². The van der Waals surface area contributed by atoms with E-state index in [1.165, 1.54) is 25.7 Å². The molecule has 1 N–H and O–H groups in total. The van der Waals surface area contributed by atoms with Gasteiger partial charge in [-0.05, 0) is 38.0 Å². The highest BCUT2D eigenvalue weighted by molar-refractivity contribution is 7.89. The highest BCUT2D eigenvalue weighted by atomic mass is 32.2. The predicted octanol–water partition coefficient (Wildman–Crippen LogP) is 1.35. The summed E-state index contributed by atoms with van der Waals surface area (Å²) < 4.78 is 25.8. The summed E-state index contributed by atoms with van der Waals surface area (Å²) >= 11 is 0. The molecule has 0 amide bonds. The van der Waals surface area contributed by atoms with E-state index in [0.29, 0.717) is 18.5 Å². The largest absolute Gasteiger partial charge is 0.395 e. The fraction of sp³-hybridized carbons (Fsp3) is 1.00. The maximum atomic E-state index is 12.1. The third kappa shape index (κ3) is 2.51. The van der Waals surface area contributed by atoms with Crippen LogP contribution in [0.2, 0.25) is 0 Å². The van der Waals surface area contributed by atoms with Crippen molar-refractivity contribution < 1.29 is 13.5 Å². The van der Waals surface area contributed by atoms with E-state index >= 15 is 0 Å². The molecule has 2 rings (SSSR count). The molecule has 1 saturated carbocycles. The van der Waals surface area contributed by atoms with Crippen molar-refractivity contribution in [3.63, 3.8) is 0 Å². The zero-order valence-corrected chi connectivity index (χ0v) is 11.4. The van der Waals surface area contributed by atoms with Crippen molar-refractivity contribution in [2.75, 3.05) is 19.7 Å². The van der Waals surface area contributed by atoms with Gasteiger partial charge in [-0.3, -0.25) is 0 Å². The van der Waals surface area contributed by atoms with Gasteiger partial charge in [0.25, 0.3) is 0 Å². The monoisotopic (exact) mass is 261 g/mol. The summed E-state index contributed by atoms with van der Waals surface area (Å²) in [4.78, 5) is 0. The van der Waals surface area contributed by atoms with Crippen molar-refractivity contribution in [1.82, 2.24) is 4.31 Å². The molecule has 0 aromatic carbocycles. The number of aliphatic hydroxyl groups excluding tert-OH is 1. The summed E-state index contributed by atoms with van der Waals surface area (Å²) in [5.41, 5.74) is 0.439. The van der Waals surface area contributed by atoms with Gasteiger partial charge in [-0.1, -0.05) is 12.8 Å². The van der Waals surface area contributed by atoms with Crippen LogP contribution in [0.25, 0.3) is 0 Å². The Morgan fingerprint density at radius 1 is 1.18 bits per heavy atom. The van der Waals surface area contributed by atoms with Crippen LogP contribution in [0, 0.1) is 5.41 Å². The Morgan fingerprint density at radius 2 is 1.71 bits per heavy atom. The van der Waals surface area contributed by atoms with E-state index in [-0.39, 0.29) is 6.61 Å². The minimum Gasteiger partial charge on any atom is -0.395 e. The second-order valence-electron chi connectivity index (χ2n) is 5.64. The van der Waals surface area contributed by atoms with Crippen LogP contribution >= 0.6 is 0 Å². The number of hydrogen-bond acceptors (Lipinski definition) is 3. The molecule has 5 heteroatoms. The molecule has 1 spiro atoms. The van der Waals surface area contributed by atoms with Gasteiger partial charge in [-0.15, -0.1) is 0 Å². The fourth-order valence-electron chi connectivity index (χ4n) is 3.19. The molecule has 0 bridgehead atoms. The first-order valence-electron chi connectivity index (χ1n) is 6.60. The van der Waals surface area contributed by atoms with E-state index < -0.39 is 15.3 Å². The third-order valence-electron chi connectivity index (χ3n) is 4.57. The van der Waals surface area contributed by atoms with Crippen molar-refractivity contribution in [2.24, 2.45) is 5.41 Å². The number of rotatable bonds is 3. The zero-order valence-electron chi connectivity index (χ0n) is 10.6. The van der Waals surface area contributed by atoms with Crippen molar-refractivity contribution in [3.05, 3.63) is 0 Å². The van der Waals surface area contributed by atoms with Crippen LogP contribution in [0.15, 0.2) is 0 Å². The van der Waals surface area contributed by atoms with Crippen molar-refractivity contribution in [2.45, 2.75) is 50.7 Å². The summed E-state index contributed by atoms with van der Waals surface area (Å²) in [5, 5.41) is 8.33. The van der Waals surface area contributed by atoms with Gasteiger partial charge in [-0.25, -0.2) is 12.7 Å². The van der Waals surface area contributed by atoms with Crippen LogP contribution in [0.1, 0.15) is 45.4 Å². The standard InChI is InChI=1S/C12H23NO3S/c1-11(10-14)17(15,16)13-8-6-12(7-9-13)4-2-3-5-12/h11,14H,2-10H2,1H3. The minimum absolute atomic E-state index is 0.288. The van der Waals surface area contributed by atoms with Gasteiger partial charge in [0, 0.05) is 13.1 Å². The van der Waals surface area contributed by atoms with Gasteiger partial charge in [0.05, 0.1) is 11.9 Å². The molecule has 1 saturated heterocycles. The van der Waals surface area contributed by atoms with E-state index in [1.807, 2.05) is 0 Å². The predicted molar refractivity (Wildman–Crippen MR) is 67.2 cm³/mol. The molecule has 1 aliphatic heterocycles. The van der Waals surface area contributed by atoms with Crippen LogP contribution in [0.4, 0.5) is 0 Å². The van der Waals surface area contributed by atoms with Gasteiger partial charge in [0.15, 0.2) is 0 Å². The topological polar surface area (TPSA) is 57.6 Å². The van der Waals surface area contributed by atoms with E-state index in [0.717, 1.165) is 12.8 Å². The van der Waals surface area contributed by atoms with Gasteiger partial charge in [0.2, 0.25) is 10.0 Å². The average Bonchev–Trinajstić information content (AvgIpc) is 2.77. The molecule has 17 heavy (non-hydrogen) atoms. The summed E-state index contributed by atoms with van der Waals surface area (Å²) in [6.07, 6.45) is 7.17. The number of nitrogens with zero attached hydrogens (tertiary/aromatic N) is 1. The van der Waals surface area contributed by atoms with Gasteiger partial charge in [0.1, 0.15) is 0 Å². The lowest BCUT2D eigenvalue weighted by atomic mass is 9.78. The molecule has 0 aromatic rings. The molecule has 0 aromatic heterocycles. The van der Waals surface area contributed by atoms with Crippen LogP contribution < -0.4 is 0 Å². The van der Waals surface area contributed by atoms with Gasteiger partial charge in [-0.2, -0.15) is 0 Å². The van der Waals surface area contributed by atoms with Gasteiger partial charge < -0.3 is 5.11 Å². The highest BCUT2D eigenvalue weighted by Crippen LogP contribution is 2.46. The summed E-state index contributed by atoms with van der Waals surface area (Å²) in [6, 6.07) is 0. The van der Waals surface area contributed by atoms with Crippen LogP contribution in [-0.4, -0.2) is 42.8 Å². The smallest absolute Gasteiger partial charge is 0.218 e. The Hall–Kier alpha value is -0.130. The highest BCUT2D eigenvalue weighted by Gasteiger charge is 2.40. The first-order chi connectivity index (χ1) is 8.00. The maximum Gasteiger partial charge on any atom is 0.218 e. The Morgan fingerprint density at radius 3 is 2.18 bits per heavy atom. The maximum absolute atomic E-state index is 12.1. The Labute approximate surface area is 104 Å². The van der Waals surface area contributed by atoms with Crippen molar-refractivity contribution in [3.8, 4) is 0 Å². The summed E-state index contributed by atoms with van der Waals surface area (Å²) in [5.74, 6) is 0. The Bertz CT molecular complexity index is 350. The Balaban J connectivity index is 1.99. The van der Waals surface area contributed by atoms with Crippen LogP contribution in [-0.2, 0) is 10.0 Å². The lowest BCUT2D eigenvalue weighted by Gasteiger charge is -2.39. The SMILES string of the molecule is CC(CO)S(=O)(=O)N1CCC2(CCCC2)CC1. The fourth-order valence-corrected chi connectivity index (χ4v) is 4.58. The first-order valence-corrected chi connectivity index (χ1v) is 8.10. The molecule has 1 heterocycles. The van der Waals surface area contributed by atoms with E-state index in [4.69, 9.17) is 5.11 Å². The number of hydrogen-bond donors (Lipinski definition) is 1. The summed E-state index contributed by atoms with van der Waals surface area (Å²) in [6.45, 7) is 2.58. The molecular weight excluding hydrogens is 238 g/mol. The molecule has 2 aliphatic rings. The quantitative estimate of drug-likeness (QED) is 0.834. The number of piperidine rings is 1. The molecule has 100 valence electrons. The summed E-state index contributed by atoms with van der Waals surface area (Å²) in [7, 11) is -3.27. The van der Waals surface area contributed by atoms with Gasteiger partial charge >= 0.3 is 0 Å². The second kappa shape index (κ2) is 4.86. The molecule has 0 radical (unpaired) electrons. The molecule has 1 aliphatic carbocycles. The number of aliphatic hydroxyl groups is 1. The molecular formula is C12H23NO3S. The first kappa shape index (κ1) is 13.3. The minimum atomic E-state index is -3.27. The molecule has 2 fully saturated rings. The average molecular weight is 261 g/mol. The normalized spacial score (nSPS) is 27.4. The van der Waals surface area contributed by atoms with Crippen molar-refractivity contribution >= 4 is 10.0 Å². The lowest BCUT2D eigenvalue weighted by molar-refractivity contribution is 0.158. The lowest BCUT2D eigenvalue weighted by Crippen LogP contribution is -2.46. The molecule has 1 atom stereocenters. The zero-order chi connectivity index (χ0) is 12.5. The molecule has 1 unspecified atom stereocenters. The third-order valence-corrected chi connectivity index (χ3v) is 6.82. The number of sulfonamides is 1. The molecule has 4 nitrogen and oxygen atoms in total. The Kier molecular flexibility index (Phi) is 3.80. The second-order valence-corrected chi connectivity index (χ2v) is 8.00. The van der Waals surface area contributed by atoms with E-state index in [9.17, 15) is 8.42 Å².